The van der Waals surface area contributed by atoms with Gasteiger partial charge in [-0.1, -0.05) is 0 Å². The van der Waals surface area contributed by atoms with Crippen molar-refractivity contribution in [3.05, 3.63) is 11.8 Å². The molecule has 0 aromatic carbocycles. The van der Waals surface area contributed by atoms with Gasteiger partial charge in [0.1, 0.15) is 5.82 Å². The van der Waals surface area contributed by atoms with Crippen molar-refractivity contribution in [2.45, 2.75) is 19.3 Å². The van der Waals surface area contributed by atoms with Gasteiger partial charge in [0, 0.05) is 18.8 Å². The van der Waals surface area contributed by atoms with E-state index in [0.29, 0.717) is 5.82 Å². The first kappa shape index (κ1) is 6.70. The fourth-order valence-corrected chi connectivity index (χ4v) is 1.34. The number of hydrogen-bond donors (Lipinski definition) is 1. The number of rotatable bonds is 2. The summed E-state index contributed by atoms with van der Waals surface area (Å²) in [6, 6.07) is 1.97. The fourth-order valence-electron chi connectivity index (χ4n) is 1.34. The Balaban J connectivity index is 2.14. The Morgan fingerprint density at radius 3 is 2.91 bits per heavy atom. The number of anilines is 1. The minimum absolute atomic E-state index is 0.642. The zero-order valence-corrected chi connectivity index (χ0v) is 6.75. The molecule has 0 atom stereocenters. The summed E-state index contributed by atoms with van der Waals surface area (Å²) in [5.41, 5.74) is 6.81. The molecule has 0 unspecified atom stereocenters. The summed E-state index contributed by atoms with van der Waals surface area (Å²) < 4.78 is 1.88. The van der Waals surface area contributed by atoms with Gasteiger partial charge in [-0.25, -0.2) is 0 Å². The molecule has 0 aliphatic heterocycles. The normalized spacial score (nSPS) is 17.2. The summed E-state index contributed by atoms with van der Waals surface area (Å²) in [5, 5.41) is 4.09. The number of aryl methyl sites for hydroxylation is 1. The summed E-state index contributed by atoms with van der Waals surface area (Å²) in [5.74, 6) is 1.55. The van der Waals surface area contributed by atoms with Gasteiger partial charge in [-0.3, -0.25) is 4.68 Å². The molecular weight excluding hydrogens is 138 g/mol. The predicted molar refractivity (Wildman–Crippen MR) is 44.0 cm³/mol. The molecule has 1 aromatic rings. The van der Waals surface area contributed by atoms with Crippen LogP contribution in [0.5, 0.6) is 0 Å². The molecule has 1 aromatic heterocycles. The molecule has 0 amide bonds. The van der Waals surface area contributed by atoms with Crippen molar-refractivity contribution in [1.82, 2.24) is 9.78 Å². The lowest BCUT2D eigenvalue weighted by molar-refractivity contribution is 0.678. The third-order valence-electron chi connectivity index (χ3n) is 2.19. The molecule has 1 fully saturated rings. The van der Waals surface area contributed by atoms with Gasteiger partial charge < -0.3 is 5.73 Å². The maximum Gasteiger partial charge on any atom is 0.145 e. The van der Waals surface area contributed by atoms with E-state index in [1.165, 1.54) is 18.5 Å². The van der Waals surface area contributed by atoms with Crippen LogP contribution in [0.3, 0.4) is 0 Å². The van der Waals surface area contributed by atoms with Gasteiger partial charge in [0.2, 0.25) is 0 Å². The SMILES string of the molecule is Cn1nc(N)cc1CC1CC1. The van der Waals surface area contributed by atoms with E-state index in [2.05, 4.69) is 5.10 Å². The van der Waals surface area contributed by atoms with Crippen molar-refractivity contribution in [3.63, 3.8) is 0 Å². The molecule has 11 heavy (non-hydrogen) atoms. The van der Waals surface area contributed by atoms with E-state index in [1.54, 1.807) is 0 Å². The Morgan fingerprint density at radius 2 is 2.45 bits per heavy atom. The zero-order chi connectivity index (χ0) is 7.84. The number of aromatic nitrogens is 2. The Morgan fingerprint density at radius 1 is 1.73 bits per heavy atom. The summed E-state index contributed by atoms with van der Waals surface area (Å²) in [4.78, 5) is 0. The molecular formula is C8H13N3. The van der Waals surface area contributed by atoms with Crippen LogP contribution in [-0.4, -0.2) is 9.78 Å². The largest absolute Gasteiger partial charge is 0.382 e. The highest BCUT2D eigenvalue weighted by molar-refractivity contribution is 5.29. The van der Waals surface area contributed by atoms with Crippen molar-refractivity contribution in [1.29, 1.82) is 0 Å². The highest BCUT2D eigenvalue weighted by Gasteiger charge is 2.22. The molecule has 1 aliphatic carbocycles. The maximum atomic E-state index is 5.54. The molecule has 0 bridgehead atoms. The highest BCUT2D eigenvalue weighted by atomic mass is 15.3. The van der Waals surface area contributed by atoms with Crippen molar-refractivity contribution in [2.24, 2.45) is 13.0 Å². The Labute approximate surface area is 66.2 Å². The lowest BCUT2D eigenvalue weighted by Gasteiger charge is -1.97. The van der Waals surface area contributed by atoms with Crippen LogP contribution in [0.2, 0.25) is 0 Å². The van der Waals surface area contributed by atoms with Gasteiger partial charge in [-0.2, -0.15) is 5.10 Å². The summed E-state index contributed by atoms with van der Waals surface area (Å²) in [6.45, 7) is 0. The van der Waals surface area contributed by atoms with Crippen LogP contribution in [-0.2, 0) is 13.5 Å². The summed E-state index contributed by atoms with van der Waals surface area (Å²) in [6.07, 6.45) is 3.91. The molecule has 1 heterocycles. The first-order valence-electron chi connectivity index (χ1n) is 4.04. The molecule has 1 saturated carbocycles. The van der Waals surface area contributed by atoms with Gasteiger partial charge in [-0.05, 0) is 25.2 Å². The van der Waals surface area contributed by atoms with Gasteiger partial charge in [0.15, 0.2) is 0 Å². The van der Waals surface area contributed by atoms with E-state index in [1.807, 2.05) is 17.8 Å². The van der Waals surface area contributed by atoms with E-state index >= 15 is 0 Å². The van der Waals surface area contributed by atoms with Crippen LogP contribution in [0, 0.1) is 5.92 Å². The molecule has 2 N–H and O–H groups in total. The van der Waals surface area contributed by atoms with E-state index < -0.39 is 0 Å². The van der Waals surface area contributed by atoms with Crippen LogP contribution in [0.15, 0.2) is 6.07 Å². The molecule has 0 spiro atoms. The number of nitrogen functional groups attached to an aromatic ring is 1. The number of nitrogens with two attached hydrogens (primary N) is 1. The van der Waals surface area contributed by atoms with Crippen molar-refractivity contribution in [2.75, 3.05) is 5.73 Å². The number of nitrogens with zero attached hydrogens (tertiary/aromatic N) is 2. The Kier molecular flexibility index (Phi) is 1.37. The van der Waals surface area contributed by atoms with Gasteiger partial charge >= 0.3 is 0 Å². The summed E-state index contributed by atoms with van der Waals surface area (Å²) in [7, 11) is 1.95. The minimum atomic E-state index is 0.642. The van der Waals surface area contributed by atoms with Crippen LogP contribution < -0.4 is 5.73 Å². The topological polar surface area (TPSA) is 43.8 Å². The third-order valence-corrected chi connectivity index (χ3v) is 2.19. The molecule has 2 rings (SSSR count). The first-order chi connectivity index (χ1) is 5.25. The highest BCUT2D eigenvalue weighted by Crippen LogP contribution is 2.32. The van der Waals surface area contributed by atoms with Crippen LogP contribution in [0.1, 0.15) is 18.5 Å². The zero-order valence-electron chi connectivity index (χ0n) is 6.75. The first-order valence-corrected chi connectivity index (χ1v) is 4.04. The number of hydrogen-bond acceptors (Lipinski definition) is 2. The van der Waals surface area contributed by atoms with Crippen molar-refractivity contribution in [3.8, 4) is 0 Å². The quantitative estimate of drug-likeness (QED) is 0.684. The van der Waals surface area contributed by atoms with Gasteiger partial charge in [0.25, 0.3) is 0 Å². The average molecular weight is 151 g/mol. The second-order valence-electron chi connectivity index (χ2n) is 3.33. The lowest BCUT2D eigenvalue weighted by Crippen LogP contribution is -1.99. The Hall–Kier alpha value is -0.990. The van der Waals surface area contributed by atoms with E-state index in [-0.39, 0.29) is 0 Å². The van der Waals surface area contributed by atoms with Crippen LogP contribution in [0.4, 0.5) is 5.82 Å². The lowest BCUT2D eigenvalue weighted by atomic mass is 10.2. The predicted octanol–water partition coefficient (Wildman–Crippen LogP) is 0.955. The second kappa shape index (κ2) is 2.26. The Bertz CT molecular complexity index is 260. The molecule has 0 saturated heterocycles. The molecule has 60 valence electrons. The minimum Gasteiger partial charge on any atom is -0.382 e. The standard InChI is InChI=1S/C8H13N3/c1-11-7(4-6-2-3-6)5-8(9)10-11/h5-6H,2-4H2,1H3,(H2,9,10). The molecule has 3 nitrogen and oxygen atoms in total. The molecule has 3 heteroatoms. The molecule has 1 aliphatic rings. The van der Waals surface area contributed by atoms with Crippen molar-refractivity contribution < 1.29 is 0 Å². The smallest absolute Gasteiger partial charge is 0.145 e. The van der Waals surface area contributed by atoms with E-state index in [9.17, 15) is 0 Å². The summed E-state index contributed by atoms with van der Waals surface area (Å²) >= 11 is 0. The fraction of sp³-hybridized carbons (Fsp3) is 0.625. The van der Waals surface area contributed by atoms with Gasteiger partial charge in [0.05, 0.1) is 0 Å². The monoisotopic (exact) mass is 151 g/mol. The van der Waals surface area contributed by atoms with Gasteiger partial charge in [-0.15, -0.1) is 0 Å². The molecule has 0 radical (unpaired) electrons. The maximum absolute atomic E-state index is 5.54. The van der Waals surface area contributed by atoms with Crippen molar-refractivity contribution >= 4 is 5.82 Å². The van der Waals surface area contributed by atoms with E-state index in [4.69, 9.17) is 5.73 Å². The van der Waals surface area contributed by atoms with E-state index in [0.717, 1.165) is 12.3 Å². The average Bonchev–Trinajstić information content (AvgIpc) is 2.64. The van der Waals surface area contributed by atoms with Crippen LogP contribution >= 0.6 is 0 Å². The van der Waals surface area contributed by atoms with Crippen LogP contribution in [0.25, 0.3) is 0 Å². The third kappa shape index (κ3) is 1.37. The second-order valence-corrected chi connectivity index (χ2v) is 3.33.